The third kappa shape index (κ3) is 7.00. The van der Waals surface area contributed by atoms with Crippen LogP contribution in [0.1, 0.15) is 51.4 Å². The maximum atomic E-state index is 12.4. The first kappa shape index (κ1) is 21.3. The number of ether oxygens (including phenoxy) is 1. The number of carbonyl (C=O) groups excluding carboxylic acids is 2. The topological polar surface area (TPSA) is 125 Å². The van der Waals surface area contributed by atoms with Gasteiger partial charge in [0.2, 0.25) is 0 Å². The van der Waals surface area contributed by atoms with E-state index in [2.05, 4.69) is 10.6 Å². The number of rotatable bonds is 6. The van der Waals surface area contributed by atoms with Crippen LogP contribution in [0.2, 0.25) is 0 Å². The molecule has 0 unspecified atom stereocenters. The summed E-state index contributed by atoms with van der Waals surface area (Å²) in [5.74, 6) is -2.17. The number of carbonyl (C=O) groups is 3. The summed E-state index contributed by atoms with van der Waals surface area (Å²) in [5, 5.41) is 24.0. The Bertz CT molecular complexity index is 679. The van der Waals surface area contributed by atoms with Crippen LogP contribution in [0.25, 0.3) is 0 Å². The predicted octanol–water partition coefficient (Wildman–Crippen LogP) is 2.97. The second-order valence-electron chi connectivity index (χ2n) is 7.35. The van der Waals surface area contributed by atoms with Gasteiger partial charge in [0.05, 0.1) is 5.56 Å². The zero-order valence-corrected chi connectivity index (χ0v) is 15.6. The summed E-state index contributed by atoms with van der Waals surface area (Å²) < 4.78 is 5.12. The van der Waals surface area contributed by atoms with Crippen LogP contribution in [0.15, 0.2) is 18.2 Å². The van der Waals surface area contributed by atoms with Crippen LogP contribution in [0.5, 0.6) is 5.75 Å². The van der Waals surface area contributed by atoms with Crippen LogP contribution in [0, 0.1) is 5.92 Å². The standard InChI is InChI=1S/C18H26N2O6/c1-10(2)8-13(16(23)24)20-15(22)12-9-11(6-7-14(12)21)19-17(25)26-18(3,4)5/h6-7,9-10,13,21H,8H2,1-5H3,(H,19,25)(H,20,22)(H,23,24)/t13-/m0/s1. The zero-order chi connectivity index (χ0) is 20.1. The molecule has 0 heterocycles. The minimum absolute atomic E-state index is 0.0603. The highest BCUT2D eigenvalue weighted by Crippen LogP contribution is 2.22. The Labute approximate surface area is 152 Å². The summed E-state index contributed by atoms with van der Waals surface area (Å²) in [6, 6.07) is 2.81. The fraction of sp³-hybridized carbons (Fsp3) is 0.500. The number of anilines is 1. The molecule has 1 aromatic rings. The maximum Gasteiger partial charge on any atom is 0.412 e. The highest BCUT2D eigenvalue weighted by Gasteiger charge is 2.24. The van der Waals surface area contributed by atoms with E-state index < -0.39 is 29.6 Å². The minimum atomic E-state index is -1.16. The molecule has 8 heteroatoms. The van der Waals surface area contributed by atoms with Crippen LogP contribution in [0.3, 0.4) is 0 Å². The van der Waals surface area contributed by atoms with Gasteiger partial charge in [-0.15, -0.1) is 0 Å². The number of carboxylic acids is 1. The van der Waals surface area contributed by atoms with Crippen molar-refractivity contribution in [3.63, 3.8) is 0 Å². The lowest BCUT2D eigenvalue weighted by Gasteiger charge is -2.20. The lowest BCUT2D eigenvalue weighted by Crippen LogP contribution is -2.41. The van der Waals surface area contributed by atoms with Crippen molar-refractivity contribution in [3.8, 4) is 5.75 Å². The molecule has 0 aliphatic carbocycles. The quantitative estimate of drug-likeness (QED) is 0.574. The second-order valence-corrected chi connectivity index (χ2v) is 7.35. The lowest BCUT2D eigenvalue weighted by atomic mass is 10.0. The monoisotopic (exact) mass is 366 g/mol. The molecule has 0 fully saturated rings. The summed E-state index contributed by atoms with van der Waals surface area (Å²) in [4.78, 5) is 35.4. The highest BCUT2D eigenvalue weighted by atomic mass is 16.6. The van der Waals surface area contributed by atoms with Crippen molar-refractivity contribution in [1.29, 1.82) is 0 Å². The molecule has 2 amide bonds. The van der Waals surface area contributed by atoms with Crippen molar-refractivity contribution in [2.45, 2.75) is 52.7 Å². The number of aliphatic carboxylic acids is 1. The molecule has 0 spiro atoms. The van der Waals surface area contributed by atoms with E-state index in [4.69, 9.17) is 4.74 Å². The molecule has 1 rings (SSSR count). The minimum Gasteiger partial charge on any atom is -0.507 e. The smallest absolute Gasteiger partial charge is 0.412 e. The van der Waals surface area contributed by atoms with Gasteiger partial charge in [0.25, 0.3) is 5.91 Å². The van der Waals surface area contributed by atoms with Gasteiger partial charge in [-0.05, 0) is 51.3 Å². The molecule has 1 atom stereocenters. The van der Waals surface area contributed by atoms with Gasteiger partial charge in [-0.1, -0.05) is 13.8 Å². The maximum absolute atomic E-state index is 12.4. The fourth-order valence-corrected chi connectivity index (χ4v) is 2.15. The van der Waals surface area contributed by atoms with E-state index in [1.165, 1.54) is 18.2 Å². The Morgan fingerprint density at radius 3 is 2.31 bits per heavy atom. The summed E-state index contributed by atoms with van der Waals surface area (Å²) in [5.41, 5.74) is -0.598. The van der Waals surface area contributed by atoms with Crippen LogP contribution >= 0.6 is 0 Å². The number of nitrogens with one attached hydrogen (secondary N) is 2. The molecule has 0 aliphatic rings. The summed E-state index contributed by atoms with van der Waals surface area (Å²) in [7, 11) is 0. The molecule has 144 valence electrons. The van der Waals surface area contributed by atoms with Crippen molar-refractivity contribution in [1.82, 2.24) is 5.32 Å². The van der Waals surface area contributed by atoms with E-state index >= 15 is 0 Å². The molecule has 0 bridgehead atoms. The normalized spacial score (nSPS) is 12.4. The molecule has 0 saturated carbocycles. The van der Waals surface area contributed by atoms with Gasteiger partial charge >= 0.3 is 12.1 Å². The molecular formula is C18H26N2O6. The van der Waals surface area contributed by atoms with E-state index in [0.717, 1.165) is 0 Å². The predicted molar refractivity (Wildman–Crippen MR) is 96.3 cm³/mol. The van der Waals surface area contributed by atoms with Crippen molar-refractivity contribution >= 4 is 23.7 Å². The third-order valence-electron chi connectivity index (χ3n) is 3.20. The molecule has 0 saturated heterocycles. The molecule has 26 heavy (non-hydrogen) atoms. The molecule has 1 aromatic carbocycles. The van der Waals surface area contributed by atoms with Crippen LogP contribution in [-0.4, -0.2) is 39.8 Å². The first-order valence-corrected chi connectivity index (χ1v) is 8.25. The van der Waals surface area contributed by atoms with Gasteiger partial charge in [0.1, 0.15) is 17.4 Å². The van der Waals surface area contributed by atoms with E-state index in [0.29, 0.717) is 0 Å². The SMILES string of the molecule is CC(C)C[C@H](NC(=O)c1cc(NC(=O)OC(C)(C)C)ccc1O)C(=O)O. The van der Waals surface area contributed by atoms with Gasteiger partial charge in [0, 0.05) is 5.69 Å². The first-order valence-electron chi connectivity index (χ1n) is 8.25. The highest BCUT2D eigenvalue weighted by molar-refractivity contribution is 6.00. The van der Waals surface area contributed by atoms with Crippen LogP contribution in [0.4, 0.5) is 10.5 Å². The van der Waals surface area contributed by atoms with E-state index in [1.54, 1.807) is 20.8 Å². The largest absolute Gasteiger partial charge is 0.507 e. The van der Waals surface area contributed by atoms with Crippen LogP contribution in [-0.2, 0) is 9.53 Å². The molecule has 4 N–H and O–H groups in total. The number of hydrogen-bond acceptors (Lipinski definition) is 5. The van der Waals surface area contributed by atoms with Crippen molar-refractivity contribution < 1.29 is 29.3 Å². The third-order valence-corrected chi connectivity index (χ3v) is 3.20. The summed E-state index contributed by atoms with van der Waals surface area (Å²) in [6.45, 7) is 8.81. The van der Waals surface area contributed by atoms with Gasteiger partial charge in [-0.25, -0.2) is 9.59 Å². The number of benzene rings is 1. The van der Waals surface area contributed by atoms with E-state index in [1.807, 2.05) is 13.8 Å². The van der Waals surface area contributed by atoms with Gasteiger partial charge in [-0.2, -0.15) is 0 Å². The molecule has 0 radical (unpaired) electrons. The Hall–Kier alpha value is -2.77. The van der Waals surface area contributed by atoms with Gasteiger partial charge in [-0.3, -0.25) is 10.1 Å². The summed E-state index contributed by atoms with van der Waals surface area (Å²) >= 11 is 0. The van der Waals surface area contributed by atoms with Crippen molar-refractivity contribution in [3.05, 3.63) is 23.8 Å². The Morgan fingerprint density at radius 1 is 1.19 bits per heavy atom. The second kappa shape index (κ2) is 8.55. The molecular weight excluding hydrogens is 340 g/mol. The number of aromatic hydroxyl groups is 1. The molecule has 0 aliphatic heterocycles. The van der Waals surface area contributed by atoms with Crippen molar-refractivity contribution in [2.24, 2.45) is 5.92 Å². The van der Waals surface area contributed by atoms with E-state index in [-0.39, 0.29) is 29.3 Å². The Kier molecular flexibility index (Phi) is 7.00. The Balaban J connectivity index is 2.93. The average Bonchev–Trinajstić information content (AvgIpc) is 2.45. The van der Waals surface area contributed by atoms with E-state index in [9.17, 15) is 24.6 Å². The molecule has 8 nitrogen and oxygen atoms in total. The Morgan fingerprint density at radius 2 is 1.81 bits per heavy atom. The fourth-order valence-electron chi connectivity index (χ4n) is 2.15. The number of amides is 2. The van der Waals surface area contributed by atoms with Gasteiger partial charge < -0.3 is 20.3 Å². The average molecular weight is 366 g/mol. The number of carboxylic acid groups (broad SMARTS) is 1. The first-order chi connectivity index (χ1) is 11.9. The summed E-state index contributed by atoms with van der Waals surface area (Å²) in [6.07, 6.45) is -0.463. The van der Waals surface area contributed by atoms with Crippen molar-refractivity contribution in [2.75, 3.05) is 5.32 Å². The lowest BCUT2D eigenvalue weighted by molar-refractivity contribution is -0.139. The van der Waals surface area contributed by atoms with Gasteiger partial charge in [0.15, 0.2) is 0 Å². The molecule has 0 aromatic heterocycles. The number of phenolic OH excluding ortho intramolecular Hbond substituents is 1. The van der Waals surface area contributed by atoms with Crippen LogP contribution < -0.4 is 10.6 Å². The number of hydrogen-bond donors (Lipinski definition) is 4. The zero-order valence-electron chi connectivity index (χ0n) is 15.6. The number of phenols is 1.